The van der Waals surface area contributed by atoms with E-state index in [0.717, 1.165) is 5.56 Å². The summed E-state index contributed by atoms with van der Waals surface area (Å²) in [6.07, 6.45) is 0. The molecule has 1 unspecified atom stereocenters. The lowest BCUT2D eigenvalue weighted by Gasteiger charge is -2.23. The highest BCUT2D eigenvalue weighted by Gasteiger charge is 2.22. The number of ether oxygens (including phenoxy) is 1. The Morgan fingerprint density at radius 1 is 1.05 bits per heavy atom. The van der Waals surface area contributed by atoms with Gasteiger partial charge in [0.05, 0.1) is 12.4 Å². The Bertz CT molecular complexity index is 521. The van der Waals surface area contributed by atoms with Gasteiger partial charge in [-0.2, -0.15) is 0 Å². The van der Waals surface area contributed by atoms with E-state index in [0.29, 0.717) is 5.92 Å². The first kappa shape index (κ1) is 18.1. The molecular formula is C16H27NO3S. The van der Waals surface area contributed by atoms with Crippen LogP contribution < -0.4 is 4.72 Å². The lowest BCUT2D eigenvalue weighted by molar-refractivity contribution is 0.216. The van der Waals surface area contributed by atoms with Crippen molar-refractivity contribution in [2.75, 3.05) is 19.5 Å². The van der Waals surface area contributed by atoms with Crippen molar-refractivity contribution in [1.82, 2.24) is 4.72 Å². The zero-order valence-electron chi connectivity index (χ0n) is 13.6. The summed E-state index contributed by atoms with van der Waals surface area (Å²) in [7, 11) is -1.84. The molecule has 1 rings (SSSR count). The number of benzene rings is 1. The summed E-state index contributed by atoms with van der Waals surface area (Å²) in [5.74, 6) is 0.624. The van der Waals surface area contributed by atoms with Crippen molar-refractivity contribution in [2.24, 2.45) is 5.92 Å². The smallest absolute Gasteiger partial charge is 0.214 e. The summed E-state index contributed by atoms with van der Waals surface area (Å²) in [4.78, 5) is 0. The second-order valence-electron chi connectivity index (χ2n) is 5.97. The third kappa shape index (κ3) is 5.77. The molecule has 5 heteroatoms. The summed E-state index contributed by atoms with van der Waals surface area (Å²) >= 11 is 0. The van der Waals surface area contributed by atoms with Crippen LogP contribution in [0.5, 0.6) is 0 Å². The van der Waals surface area contributed by atoms with Gasteiger partial charge in [-0.15, -0.1) is 0 Å². The van der Waals surface area contributed by atoms with Gasteiger partial charge < -0.3 is 4.74 Å². The maximum atomic E-state index is 12.1. The van der Waals surface area contributed by atoms with Gasteiger partial charge in [0.1, 0.15) is 0 Å². The standard InChI is InChI=1S/C16H27NO3S/c1-12(2)14-6-8-15(9-7-14)16(13(3)4)17-21(18,19)11-10-20-5/h6-9,12-13,16-17H,10-11H2,1-5H3. The zero-order valence-corrected chi connectivity index (χ0v) is 14.4. The van der Waals surface area contributed by atoms with Gasteiger partial charge in [-0.1, -0.05) is 52.0 Å². The van der Waals surface area contributed by atoms with Crippen LogP contribution in [0.1, 0.15) is 50.8 Å². The van der Waals surface area contributed by atoms with Gasteiger partial charge >= 0.3 is 0 Å². The van der Waals surface area contributed by atoms with E-state index in [4.69, 9.17) is 4.74 Å². The van der Waals surface area contributed by atoms with Crippen LogP contribution in [0.15, 0.2) is 24.3 Å². The molecule has 0 aliphatic rings. The number of hydrogen-bond donors (Lipinski definition) is 1. The first-order valence-corrected chi connectivity index (χ1v) is 9.01. The van der Waals surface area contributed by atoms with Crippen molar-refractivity contribution in [3.8, 4) is 0 Å². The number of methoxy groups -OCH3 is 1. The maximum absolute atomic E-state index is 12.1. The molecule has 0 aliphatic carbocycles. The largest absolute Gasteiger partial charge is 0.384 e. The fraction of sp³-hybridized carbons (Fsp3) is 0.625. The molecule has 0 spiro atoms. The molecule has 1 N–H and O–H groups in total. The van der Waals surface area contributed by atoms with E-state index in [9.17, 15) is 8.42 Å². The Morgan fingerprint density at radius 3 is 2.00 bits per heavy atom. The summed E-state index contributed by atoms with van der Waals surface area (Å²) in [6, 6.07) is 7.95. The highest BCUT2D eigenvalue weighted by atomic mass is 32.2. The van der Waals surface area contributed by atoms with E-state index in [1.165, 1.54) is 12.7 Å². The Morgan fingerprint density at radius 2 is 1.57 bits per heavy atom. The van der Waals surface area contributed by atoms with E-state index in [1.807, 2.05) is 26.0 Å². The Kier molecular flexibility index (Phi) is 6.84. The van der Waals surface area contributed by atoms with Crippen LogP contribution in [-0.4, -0.2) is 27.9 Å². The molecule has 1 aromatic rings. The molecule has 0 saturated carbocycles. The number of hydrogen-bond acceptors (Lipinski definition) is 3. The van der Waals surface area contributed by atoms with Crippen molar-refractivity contribution in [1.29, 1.82) is 0 Å². The molecule has 0 saturated heterocycles. The van der Waals surface area contributed by atoms with Crippen LogP contribution in [0.2, 0.25) is 0 Å². The van der Waals surface area contributed by atoms with Crippen molar-refractivity contribution in [3.63, 3.8) is 0 Å². The number of nitrogens with one attached hydrogen (secondary N) is 1. The molecule has 21 heavy (non-hydrogen) atoms. The number of rotatable bonds is 8. The molecule has 1 aromatic carbocycles. The lowest BCUT2D eigenvalue weighted by atomic mass is 9.94. The van der Waals surface area contributed by atoms with Gasteiger partial charge in [-0.05, 0) is 23.0 Å². The monoisotopic (exact) mass is 313 g/mol. The third-order valence-electron chi connectivity index (χ3n) is 3.49. The molecule has 0 radical (unpaired) electrons. The predicted octanol–water partition coefficient (Wildman–Crippen LogP) is 3.07. The average molecular weight is 313 g/mol. The van der Waals surface area contributed by atoms with Gasteiger partial charge in [0.25, 0.3) is 0 Å². The van der Waals surface area contributed by atoms with Crippen LogP contribution in [-0.2, 0) is 14.8 Å². The van der Waals surface area contributed by atoms with Crippen molar-refractivity contribution in [3.05, 3.63) is 35.4 Å². The van der Waals surface area contributed by atoms with Crippen LogP contribution in [0.3, 0.4) is 0 Å². The second kappa shape index (κ2) is 7.92. The van der Waals surface area contributed by atoms with Crippen molar-refractivity contribution in [2.45, 2.75) is 39.7 Å². The third-order valence-corrected chi connectivity index (χ3v) is 4.81. The van der Waals surface area contributed by atoms with Gasteiger partial charge in [0.2, 0.25) is 10.0 Å². The molecule has 0 amide bonds. The van der Waals surface area contributed by atoms with Crippen LogP contribution >= 0.6 is 0 Å². The lowest BCUT2D eigenvalue weighted by Crippen LogP contribution is -2.34. The SMILES string of the molecule is COCCS(=O)(=O)NC(c1ccc(C(C)C)cc1)C(C)C. The molecule has 0 aromatic heterocycles. The molecule has 4 nitrogen and oxygen atoms in total. The average Bonchev–Trinajstić information content (AvgIpc) is 2.42. The van der Waals surface area contributed by atoms with Gasteiger partial charge in [-0.3, -0.25) is 0 Å². The Hall–Kier alpha value is -0.910. The molecular weight excluding hydrogens is 286 g/mol. The minimum atomic E-state index is -3.34. The predicted molar refractivity (Wildman–Crippen MR) is 86.9 cm³/mol. The van der Waals surface area contributed by atoms with Crippen LogP contribution in [0, 0.1) is 5.92 Å². The van der Waals surface area contributed by atoms with E-state index in [2.05, 4.69) is 30.7 Å². The minimum Gasteiger partial charge on any atom is -0.384 e. The molecule has 0 aliphatic heterocycles. The van der Waals surface area contributed by atoms with E-state index >= 15 is 0 Å². The van der Waals surface area contributed by atoms with E-state index in [-0.39, 0.29) is 24.3 Å². The first-order valence-electron chi connectivity index (χ1n) is 7.35. The maximum Gasteiger partial charge on any atom is 0.214 e. The van der Waals surface area contributed by atoms with Gasteiger partial charge in [0, 0.05) is 13.2 Å². The molecule has 0 fully saturated rings. The summed E-state index contributed by atoms with van der Waals surface area (Å²) in [5, 5.41) is 0. The molecule has 120 valence electrons. The minimum absolute atomic E-state index is 0.0171. The van der Waals surface area contributed by atoms with Crippen LogP contribution in [0.4, 0.5) is 0 Å². The molecule has 0 bridgehead atoms. The van der Waals surface area contributed by atoms with E-state index < -0.39 is 10.0 Å². The van der Waals surface area contributed by atoms with Crippen molar-refractivity contribution >= 4 is 10.0 Å². The topological polar surface area (TPSA) is 55.4 Å². The highest BCUT2D eigenvalue weighted by Crippen LogP contribution is 2.24. The van der Waals surface area contributed by atoms with Gasteiger partial charge in [-0.25, -0.2) is 13.1 Å². The quantitative estimate of drug-likeness (QED) is 0.802. The second-order valence-corrected chi connectivity index (χ2v) is 7.85. The molecule has 0 heterocycles. The van der Waals surface area contributed by atoms with Crippen LogP contribution in [0.25, 0.3) is 0 Å². The molecule has 1 atom stereocenters. The summed E-state index contributed by atoms with van der Waals surface area (Å²) in [6.45, 7) is 8.51. The Labute approximate surface area is 129 Å². The zero-order chi connectivity index (χ0) is 16.0. The summed E-state index contributed by atoms with van der Waals surface area (Å²) < 4.78 is 31.8. The normalized spacial score (nSPS) is 13.9. The summed E-state index contributed by atoms with van der Waals surface area (Å²) in [5.41, 5.74) is 2.25. The number of sulfonamides is 1. The van der Waals surface area contributed by atoms with Crippen molar-refractivity contribution < 1.29 is 13.2 Å². The van der Waals surface area contributed by atoms with E-state index in [1.54, 1.807) is 0 Å². The first-order chi connectivity index (χ1) is 9.76. The Balaban J connectivity index is 2.92. The fourth-order valence-corrected chi connectivity index (χ4v) is 3.42. The van der Waals surface area contributed by atoms with Gasteiger partial charge in [0.15, 0.2) is 0 Å². The highest BCUT2D eigenvalue weighted by molar-refractivity contribution is 7.89. The fourth-order valence-electron chi connectivity index (χ4n) is 2.12.